The van der Waals surface area contributed by atoms with Gasteiger partial charge in [0.05, 0.1) is 4.92 Å². The lowest BCUT2D eigenvalue weighted by atomic mass is 10.2. The summed E-state index contributed by atoms with van der Waals surface area (Å²) in [5, 5.41) is 11.2. The third-order valence-electron chi connectivity index (χ3n) is 4.17. The molecule has 0 saturated carbocycles. The lowest BCUT2D eigenvalue weighted by Gasteiger charge is -2.34. The number of carbonyl (C=O) groups is 2. The van der Waals surface area contributed by atoms with E-state index >= 15 is 0 Å². The van der Waals surface area contributed by atoms with Crippen LogP contribution in [0.25, 0.3) is 0 Å². The molecular weight excluding hydrogens is 390 g/mol. The summed E-state index contributed by atoms with van der Waals surface area (Å²) in [4.78, 5) is 46.6. The predicted octanol–water partition coefficient (Wildman–Crippen LogP) is 1.54. The second-order valence-corrected chi connectivity index (χ2v) is 6.35. The Balaban J connectivity index is 1.54. The number of piperazine rings is 1. The molecule has 1 aromatic carbocycles. The number of hydrogen-bond acceptors (Lipinski definition) is 8. The van der Waals surface area contributed by atoms with E-state index in [0.29, 0.717) is 32.1 Å². The van der Waals surface area contributed by atoms with E-state index in [2.05, 4.69) is 9.97 Å². The topological polar surface area (TPSA) is 119 Å². The van der Waals surface area contributed by atoms with E-state index < -0.39 is 23.2 Å². The average molecular weight is 406 g/mol. The first-order chi connectivity index (χ1) is 13.5. The molecule has 0 N–H and O–H groups in total. The number of aromatic nitrogens is 2. The van der Waals surface area contributed by atoms with Crippen molar-refractivity contribution in [3.63, 3.8) is 0 Å². The second-order valence-electron chi connectivity index (χ2n) is 5.91. The Kier molecular flexibility index (Phi) is 5.99. The van der Waals surface area contributed by atoms with Crippen molar-refractivity contribution in [1.29, 1.82) is 0 Å². The average Bonchev–Trinajstić information content (AvgIpc) is 2.72. The lowest BCUT2D eigenvalue weighted by Crippen LogP contribution is -2.50. The third kappa shape index (κ3) is 4.52. The van der Waals surface area contributed by atoms with Gasteiger partial charge in [0, 0.05) is 49.7 Å². The first-order valence-electron chi connectivity index (χ1n) is 8.36. The number of amides is 1. The van der Waals surface area contributed by atoms with Crippen molar-refractivity contribution in [3.8, 4) is 0 Å². The van der Waals surface area contributed by atoms with Crippen LogP contribution in [0.4, 0.5) is 11.6 Å². The highest BCUT2D eigenvalue weighted by atomic mass is 35.5. The summed E-state index contributed by atoms with van der Waals surface area (Å²) < 4.78 is 4.97. The van der Waals surface area contributed by atoms with Gasteiger partial charge in [-0.3, -0.25) is 14.9 Å². The van der Waals surface area contributed by atoms with Gasteiger partial charge in [-0.25, -0.2) is 14.8 Å². The fourth-order valence-corrected chi connectivity index (χ4v) is 2.91. The Labute approximate surface area is 164 Å². The highest BCUT2D eigenvalue weighted by molar-refractivity contribution is 6.31. The number of hydrogen-bond donors (Lipinski definition) is 0. The number of ether oxygens (including phenoxy) is 1. The molecule has 2 heterocycles. The van der Waals surface area contributed by atoms with Gasteiger partial charge in [0.1, 0.15) is 5.56 Å². The number of nitro groups is 1. The Hall–Kier alpha value is -3.27. The van der Waals surface area contributed by atoms with Gasteiger partial charge < -0.3 is 14.5 Å². The molecular formula is C17H16ClN5O5. The molecule has 1 aliphatic heterocycles. The molecule has 0 spiro atoms. The maximum Gasteiger partial charge on any atom is 0.345 e. The minimum atomic E-state index is -0.973. The van der Waals surface area contributed by atoms with Crippen LogP contribution in [0.3, 0.4) is 0 Å². The third-order valence-corrected chi connectivity index (χ3v) is 4.40. The molecule has 1 aromatic heterocycles. The summed E-state index contributed by atoms with van der Waals surface area (Å²) >= 11 is 5.79. The monoisotopic (exact) mass is 405 g/mol. The number of carbonyl (C=O) groups excluding carboxylic acids is 2. The summed E-state index contributed by atoms with van der Waals surface area (Å²) in [7, 11) is 0. The summed E-state index contributed by atoms with van der Waals surface area (Å²) in [6.45, 7) is 1.43. The molecule has 28 heavy (non-hydrogen) atoms. The van der Waals surface area contributed by atoms with Crippen LogP contribution in [0.15, 0.2) is 36.7 Å². The van der Waals surface area contributed by atoms with Crippen LogP contribution in [0, 0.1) is 10.1 Å². The van der Waals surface area contributed by atoms with E-state index in [0.717, 1.165) is 12.1 Å². The molecule has 0 radical (unpaired) electrons. The van der Waals surface area contributed by atoms with Crippen LogP contribution in [0.2, 0.25) is 5.02 Å². The molecule has 1 fully saturated rings. The van der Waals surface area contributed by atoms with Crippen molar-refractivity contribution in [2.24, 2.45) is 0 Å². The minimum Gasteiger partial charge on any atom is -0.452 e. The van der Waals surface area contributed by atoms with E-state index in [-0.39, 0.29) is 16.5 Å². The first-order valence-corrected chi connectivity index (χ1v) is 8.74. The fourth-order valence-electron chi connectivity index (χ4n) is 2.74. The van der Waals surface area contributed by atoms with Gasteiger partial charge in [-0.2, -0.15) is 0 Å². The van der Waals surface area contributed by atoms with Gasteiger partial charge in [0.2, 0.25) is 5.95 Å². The Morgan fingerprint density at radius 2 is 1.86 bits per heavy atom. The number of halogens is 1. The summed E-state index contributed by atoms with van der Waals surface area (Å²) in [6, 6.07) is 5.29. The quantitative estimate of drug-likeness (QED) is 0.417. The zero-order chi connectivity index (χ0) is 20.1. The van der Waals surface area contributed by atoms with Gasteiger partial charge in [-0.05, 0) is 18.2 Å². The number of esters is 1. The zero-order valence-electron chi connectivity index (χ0n) is 14.7. The highest BCUT2D eigenvalue weighted by Gasteiger charge is 2.26. The minimum absolute atomic E-state index is 0.156. The normalized spacial score (nSPS) is 13.9. The number of nitro benzene ring substituents is 1. The summed E-state index contributed by atoms with van der Waals surface area (Å²) in [6.07, 6.45) is 3.29. The van der Waals surface area contributed by atoms with Crippen molar-refractivity contribution < 1.29 is 19.2 Å². The number of benzene rings is 1. The van der Waals surface area contributed by atoms with Crippen LogP contribution >= 0.6 is 11.6 Å². The Morgan fingerprint density at radius 3 is 2.50 bits per heavy atom. The van der Waals surface area contributed by atoms with Crippen LogP contribution in [0.5, 0.6) is 0 Å². The van der Waals surface area contributed by atoms with Crippen LogP contribution < -0.4 is 4.90 Å². The predicted molar refractivity (Wildman–Crippen MR) is 99.2 cm³/mol. The maximum atomic E-state index is 12.3. The Bertz CT molecular complexity index is 887. The largest absolute Gasteiger partial charge is 0.452 e. The fraction of sp³-hybridized carbons (Fsp3) is 0.294. The van der Waals surface area contributed by atoms with Crippen molar-refractivity contribution >= 4 is 35.1 Å². The molecule has 146 valence electrons. The molecule has 0 bridgehead atoms. The van der Waals surface area contributed by atoms with E-state index in [1.165, 1.54) is 6.07 Å². The molecule has 0 aliphatic carbocycles. The summed E-state index contributed by atoms with van der Waals surface area (Å²) in [5.41, 5.74) is -0.727. The van der Waals surface area contributed by atoms with E-state index in [4.69, 9.17) is 16.3 Å². The van der Waals surface area contributed by atoms with Gasteiger partial charge in [0.15, 0.2) is 6.61 Å². The molecule has 0 unspecified atom stereocenters. The zero-order valence-corrected chi connectivity index (χ0v) is 15.4. The summed E-state index contributed by atoms with van der Waals surface area (Å²) in [5.74, 6) is -0.764. The standard InChI is InChI=1S/C17H16ClN5O5/c18-12-2-3-14(23(26)27)13(10-12)16(25)28-11-15(24)21-6-8-22(9-7-21)17-19-4-1-5-20-17/h1-5,10H,6-9,11H2. The maximum absolute atomic E-state index is 12.3. The van der Waals surface area contributed by atoms with Gasteiger partial charge in [-0.1, -0.05) is 11.6 Å². The van der Waals surface area contributed by atoms with Crippen molar-refractivity contribution in [1.82, 2.24) is 14.9 Å². The number of rotatable bonds is 5. The highest BCUT2D eigenvalue weighted by Crippen LogP contribution is 2.23. The number of nitrogens with zero attached hydrogens (tertiary/aromatic N) is 5. The second kappa shape index (κ2) is 8.61. The lowest BCUT2D eigenvalue weighted by molar-refractivity contribution is -0.385. The van der Waals surface area contributed by atoms with Crippen LogP contribution in [0.1, 0.15) is 10.4 Å². The molecule has 10 nitrogen and oxygen atoms in total. The van der Waals surface area contributed by atoms with E-state index in [1.54, 1.807) is 23.4 Å². The van der Waals surface area contributed by atoms with Crippen molar-refractivity contribution in [2.45, 2.75) is 0 Å². The van der Waals surface area contributed by atoms with Gasteiger partial charge >= 0.3 is 5.97 Å². The van der Waals surface area contributed by atoms with E-state index in [1.807, 2.05) is 4.90 Å². The molecule has 0 atom stereocenters. The Morgan fingerprint density at radius 1 is 1.18 bits per heavy atom. The molecule has 11 heteroatoms. The SMILES string of the molecule is O=C(OCC(=O)N1CCN(c2ncccn2)CC1)c1cc(Cl)ccc1[N+](=O)[O-]. The van der Waals surface area contributed by atoms with Crippen molar-refractivity contribution in [2.75, 3.05) is 37.7 Å². The smallest absolute Gasteiger partial charge is 0.345 e. The van der Waals surface area contributed by atoms with Crippen molar-refractivity contribution in [3.05, 3.63) is 57.4 Å². The molecule has 1 amide bonds. The molecule has 1 saturated heterocycles. The molecule has 3 rings (SSSR count). The molecule has 2 aromatic rings. The van der Waals surface area contributed by atoms with Crippen LogP contribution in [-0.4, -0.2) is 64.5 Å². The van der Waals surface area contributed by atoms with Crippen LogP contribution in [-0.2, 0) is 9.53 Å². The first kappa shape index (κ1) is 19.5. The number of anilines is 1. The molecule has 1 aliphatic rings. The van der Waals surface area contributed by atoms with Gasteiger partial charge in [-0.15, -0.1) is 0 Å². The van der Waals surface area contributed by atoms with E-state index in [9.17, 15) is 19.7 Å². The van der Waals surface area contributed by atoms with Gasteiger partial charge in [0.25, 0.3) is 11.6 Å².